The molecule has 0 fully saturated rings. The van der Waals surface area contributed by atoms with E-state index in [2.05, 4.69) is 71.4 Å². The Bertz CT molecular complexity index is 350. The van der Waals surface area contributed by atoms with Gasteiger partial charge in [-0.2, -0.15) is 0 Å². The molecule has 2 heteroatoms. The Morgan fingerprint density at radius 3 is 2.24 bits per heavy atom. The van der Waals surface area contributed by atoms with Gasteiger partial charge in [0.25, 0.3) is 0 Å². The van der Waals surface area contributed by atoms with Gasteiger partial charge < -0.3 is 0 Å². The first kappa shape index (κ1) is 14.4. The predicted molar refractivity (Wildman–Crippen MR) is 81.5 cm³/mol. The van der Waals surface area contributed by atoms with Crippen LogP contribution in [0, 0.1) is 11.3 Å². The van der Waals surface area contributed by atoms with Gasteiger partial charge in [-0.25, -0.2) is 0 Å². The lowest BCUT2D eigenvalue weighted by Gasteiger charge is -2.29. The molecule has 0 N–H and O–H groups in total. The number of hydrogen-bond acceptors (Lipinski definition) is 1. The largest absolute Gasteiger partial charge is 0.288 e. The van der Waals surface area contributed by atoms with Crippen LogP contribution in [0.25, 0.3) is 0 Å². The second-order valence-electron chi connectivity index (χ2n) is 7.15. The Labute approximate surface area is 108 Å². The van der Waals surface area contributed by atoms with Crippen LogP contribution in [0.15, 0.2) is 28.4 Å². The van der Waals surface area contributed by atoms with Crippen molar-refractivity contribution in [1.29, 1.82) is 0 Å². The standard InChI is InChI=1S/C15H27NSi/c1-8-9-13-12(11-17(5,6)7)10-16-14(13)15(2,3)4/h8-11,13-14H,1-7H3/b9-8-,12-11-/t13-,14-/m0/s1. The van der Waals surface area contributed by atoms with Gasteiger partial charge in [0.1, 0.15) is 0 Å². The van der Waals surface area contributed by atoms with Crippen molar-refractivity contribution in [1.82, 2.24) is 0 Å². The van der Waals surface area contributed by atoms with E-state index in [1.165, 1.54) is 5.57 Å². The van der Waals surface area contributed by atoms with Crippen LogP contribution in [0.3, 0.4) is 0 Å². The van der Waals surface area contributed by atoms with E-state index in [1.54, 1.807) is 0 Å². The summed E-state index contributed by atoms with van der Waals surface area (Å²) >= 11 is 0. The van der Waals surface area contributed by atoms with Gasteiger partial charge >= 0.3 is 0 Å². The summed E-state index contributed by atoms with van der Waals surface area (Å²) in [5.41, 5.74) is 4.16. The number of hydrogen-bond donors (Lipinski definition) is 0. The summed E-state index contributed by atoms with van der Waals surface area (Å²) in [7, 11) is -1.17. The predicted octanol–water partition coefficient (Wildman–Crippen LogP) is 4.48. The number of allylic oxidation sites excluding steroid dienone is 1. The molecule has 0 aromatic heterocycles. The van der Waals surface area contributed by atoms with E-state index >= 15 is 0 Å². The van der Waals surface area contributed by atoms with Gasteiger partial charge in [0.2, 0.25) is 0 Å². The van der Waals surface area contributed by atoms with Gasteiger partial charge in [-0.05, 0) is 17.9 Å². The molecule has 0 saturated carbocycles. The molecule has 0 aliphatic carbocycles. The van der Waals surface area contributed by atoms with Crippen molar-refractivity contribution in [3.05, 3.63) is 23.4 Å². The Kier molecular flexibility index (Phi) is 4.18. The number of rotatable bonds is 2. The molecular weight excluding hydrogens is 222 g/mol. The molecule has 1 aliphatic heterocycles. The monoisotopic (exact) mass is 249 g/mol. The highest BCUT2D eigenvalue weighted by Crippen LogP contribution is 2.37. The molecule has 0 aromatic rings. The summed E-state index contributed by atoms with van der Waals surface area (Å²) in [6, 6.07) is 0.390. The third-order valence-corrected chi connectivity index (χ3v) is 4.20. The van der Waals surface area contributed by atoms with E-state index in [-0.39, 0.29) is 5.41 Å². The average Bonchev–Trinajstić information content (AvgIpc) is 2.45. The van der Waals surface area contributed by atoms with Crippen molar-refractivity contribution in [3.63, 3.8) is 0 Å². The lowest BCUT2D eigenvalue weighted by molar-refractivity contribution is 0.298. The van der Waals surface area contributed by atoms with Crippen LogP contribution in [-0.4, -0.2) is 20.3 Å². The Hall–Kier alpha value is -0.633. The fourth-order valence-electron chi connectivity index (χ4n) is 2.35. The summed E-state index contributed by atoms with van der Waals surface area (Å²) in [5.74, 6) is 0.478. The van der Waals surface area contributed by atoms with Crippen LogP contribution in [0.4, 0.5) is 0 Å². The van der Waals surface area contributed by atoms with Crippen molar-refractivity contribution in [2.75, 3.05) is 0 Å². The van der Waals surface area contributed by atoms with Crippen LogP contribution in [0.1, 0.15) is 27.7 Å². The first-order valence-electron chi connectivity index (χ1n) is 6.54. The summed E-state index contributed by atoms with van der Waals surface area (Å²) in [4.78, 5) is 4.75. The van der Waals surface area contributed by atoms with E-state index in [4.69, 9.17) is 4.99 Å². The smallest absolute Gasteiger partial charge is 0.0691 e. The van der Waals surface area contributed by atoms with Gasteiger partial charge in [-0.3, -0.25) is 4.99 Å². The molecule has 0 aromatic carbocycles. The highest BCUT2D eigenvalue weighted by atomic mass is 28.3. The Morgan fingerprint density at radius 2 is 1.82 bits per heavy atom. The molecule has 17 heavy (non-hydrogen) atoms. The second kappa shape index (κ2) is 4.93. The topological polar surface area (TPSA) is 12.4 Å². The molecular formula is C15H27NSi. The molecule has 0 bridgehead atoms. The molecule has 0 spiro atoms. The van der Waals surface area contributed by atoms with Crippen molar-refractivity contribution >= 4 is 14.3 Å². The molecule has 0 unspecified atom stereocenters. The van der Waals surface area contributed by atoms with Gasteiger partial charge in [0.15, 0.2) is 0 Å². The maximum absolute atomic E-state index is 4.75. The second-order valence-corrected chi connectivity index (χ2v) is 12.2. The van der Waals surface area contributed by atoms with Gasteiger partial charge in [-0.15, -0.1) is 0 Å². The summed E-state index contributed by atoms with van der Waals surface area (Å²) in [6.07, 6.45) is 6.59. The Morgan fingerprint density at radius 1 is 1.24 bits per heavy atom. The number of aliphatic imine (C=N–C) groups is 1. The summed E-state index contributed by atoms with van der Waals surface area (Å²) in [5, 5.41) is 0. The lowest BCUT2D eigenvalue weighted by atomic mass is 9.78. The van der Waals surface area contributed by atoms with Crippen LogP contribution >= 0.6 is 0 Å². The fraction of sp³-hybridized carbons (Fsp3) is 0.667. The molecule has 0 radical (unpaired) electrons. The molecule has 0 amide bonds. The highest BCUT2D eigenvalue weighted by molar-refractivity contribution is 6.81. The maximum atomic E-state index is 4.75. The van der Waals surface area contributed by atoms with Crippen molar-refractivity contribution < 1.29 is 0 Å². The van der Waals surface area contributed by atoms with Gasteiger partial charge in [-0.1, -0.05) is 58.3 Å². The molecule has 0 saturated heterocycles. The van der Waals surface area contributed by atoms with E-state index < -0.39 is 8.07 Å². The number of nitrogens with zero attached hydrogens (tertiary/aromatic N) is 1. The fourth-order valence-corrected chi connectivity index (χ4v) is 3.61. The maximum Gasteiger partial charge on any atom is 0.0691 e. The van der Waals surface area contributed by atoms with E-state index in [0.29, 0.717) is 12.0 Å². The quantitative estimate of drug-likeness (QED) is 0.505. The van der Waals surface area contributed by atoms with E-state index in [1.807, 2.05) is 0 Å². The van der Waals surface area contributed by atoms with Crippen LogP contribution in [-0.2, 0) is 0 Å². The van der Waals surface area contributed by atoms with Crippen LogP contribution < -0.4 is 0 Å². The lowest BCUT2D eigenvalue weighted by Crippen LogP contribution is -2.30. The third kappa shape index (κ3) is 3.95. The molecule has 1 nitrogen and oxygen atoms in total. The molecule has 1 aliphatic rings. The summed E-state index contributed by atoms with van der Waals surface area (Å²) < 4.78 is 0. The SMILES string of the molecule is C/C=C\[C@H]1/C(=C\[Si](C)(C)C)C=N[C@@H]1C(C)(C)C. The molecule has 1 heterocycles. The van der Waals surface area contributed by atoms with Crippen molar-refractivity contribution in [3.8, 4) is 0 Å². The zero-order chi connectivity index (χ0) is 13.3. The zero-order valence-corrected chi connectivity index (χ0v) is 13.4. The minimum Gasteiger partial charge on any atom is -0.288 e. The highest BCUT2D eigenvalue weighted by Gasteiger charge is 2.35. The van der Waals surface area contributed by atoms with E-state index in [0.717, 1.165) is 0 Å². The first-order valence-corrected chi connectivity index (χ1v) is 10.1. The summed E-state index contributed by atoms with van der Waals surface area (Å²) in [6.45, 7) is 16.1. The van der Waals surface area contributed by atoms with Crippen molar-refractivity contribution in [2.24, 2.45) is 16.3 Å². The average molecular weight is 249 g/mol. The molecule has 96 valence electrons. The normalized spacial score (nSPS) is 28.5. The van der Waals surface area contributed by atoms with Crippen LogP contribution in [0.5, 0.6) is 0 Å². The van der Waals surface area contributed by atoms with Crippen molar-refractivity contribution in [2.45, 2.75) is 53.4 Å². The minimum atomic E-state index is -1.17. The minimum absolute atomic E-state index is 0.232. The van der Waals surface area contributed by atoms with Gasteiger partial charge in [0, 0.05) is 12.1 Å². The first-order chi connectivity index (χ1) is 7.65. The molecule has 2 atom stereocenters. The zero-order valence-electron chi connectivity index (χ0n) is 12.4. The van der Waals surface area contributed by atoms with E-state index in [9.17, 15) is 0 Å². The molecule has 1 rings (SSSR count). The third-order valence-electron chi connectivity index (χ3n) is 3.00. The van der Waals surface area contributed by atoms with Gasteiger partial charge in [0.05, 0.1) is 14.1 Å². The Balaban J connectivity index is 3.06. The van der Waals surface area contributed by atoms with Crippen LogP contribution in [0.2, 0.25) is 19.6 Å².